The number of carbonyl (C=O) groups is 1. The molecule has 0 saturated carbocycles. The number of oxazole rings is 1. The number of piperidine rings is 1. The first-order valence-corrected chi connectivity index (χ1v) is 12.5. The highest BCUT2D eigenvalue weighted by Crippen LogP contribution is 2.33. The standard InChI is InChI=1S/C25H29N7O5/c1-34-20-13-16(5-6-26-20)24-28-18(15-36-24)23(33)27-17-14-19-21(29-22(17)31-7-3-2-4-8-31)30-25(37-19)32-9-11-35-12-10-32/h5-6,13-15,24,28H,2-4,7-12H2,1H3,(H,27,33). The smallest absolute Gasteiger partial charge is 0.300 e. The first kappa shape index (κ1) is 23.3. The van der Waals surface area contributed by atoms with Gasteiger partial charge in [-0.15, -0.1) is 0 Å². The van der Waals surface area contributed by atoms with Crippen LogP contribution in [0.15, 0.2) is 40.8 Å². The van der Waals surface area contributed by atoms with Crippen LogP contribution in [0, 0.1) is 0 Å². The number of ether oxygens (including phenoxy) is 3. The number of methoxy groups -OCH3 is 1. The molecule has 0 aromatic carbocycles. The van der Waals surface area contributed by atoms with Gasteiger partial charge in [-0.05, 0) is 25.3 Å². The van der Waals surface area contributed by atoms with E-state index >= 15 is 0 Å². The molecule has 3 aliphatic heterocycles. The maximum Gasteiger partial charge on any atom is 0.300 e. The van der Waals surface area contributed by atoms with Crippen molar-refractivity contribution in [1.29, 1.82) is 0 Å². The van der Waals surface area contributed by atoms with Gasteiger partial charge < -0.3 is 39.1 Å². The molecule has 3 aliphatic rings. The van der Waals surface area contributed by atoms with Gasteiger partial charge in [0.05, 0.1) is 26.0 Å². The predicted octanol–water partition coefficient (Wildman–Crippen LogP) is 2.55. The van der Waals surface area contributed by atoms with Crippen LogP contribution in [0.5, 0.6) is 5.88 Å². The Kier molecular flexibility index (Phi) is 6.39. The molecule has 0 aliphatic carbocycles. The van der Waals surface area contributed by atoms with Crippen molar-refractivity contribution in [3.05, 3.63) is 41.9 Å². The number of aromatic nitrogens is 3. The second-order valence-electron chi connectivity index (χ2n) is 9.10. The van der Waals surface area contributed by atoms with Gasteiger partial charge in [0.2, 0.25) is 11.5 Å². The molecule has 1 amide bonds. The van der Waals surface area contributed by atoms with Gasteiger partial charge in [0.1, 0.15) is 12.0 Å². The number of amides is 1. The number of fused-ring (bicyclic) bond motifs is 1. The molecule has 0 radical (unpaired) electrons. The van der Waals surface area contributed by atoms with Gasteiger partial charge in [-0.1, -0.05) is 0 Å². The number of hydrogen-bond acceptors (Lipinski definition) is 11. The maximum atomic E-state index is 13.3. The third-order valence-electron chi connectivity index (χ3n) is 6.66. The van der Waals surface area contributed by atoms with Gasteiger partial charge in [-0.2, -0.15) is 4.98 Å². The molecule has 6 heterocycles. The lowest BCUT2D eigenvalue weighted by molar-refractivity contribution is -0.113. The monoisotopic (exact) mass is 507 g/mol. The fourth-order valence-corrected chi connectivity index (χ4v) is 4.69. The second-order valence-corrected chi connectivity index (χ2v) is 9.10. The molecular formula is C25H29N7O5. The largest absolute Gasteiger partial charge is 0.481 e. The average Bonchev–Trinajstić information content (AvgIpc) is 3.61. The van der Waals surface area contributed by atoms with Crippen molar-refractivity contribution >= 4 is 34.7 Å². The number of anilines is 3. The molecule has 194 valence electrons. The van der Waals surface area contributed by atoms with E-state index in [0.29, 0.717) is 66.6 Å². The highest BCUT2D eigenvalue weighted by molar-refractivity contribution is 6.05. The summed E-state index contributed by atoms with van der Waals surface area (Å²) in [6.45, 7) is 4.41. The first-order valence-electron chi connectivity index (χ1n) is 12.5. The van der Waals surface area contributed by atoms with Crippen molar-refractivity contribution in [2.45, 2.75) is 25.5 Å². The van der Waals surface area contributed by atoms with Crippen molar-refractivity contribution in [2.75, 3.05) is 61.6 Å². The molecule has 3 aromatic heterocycles. The van der Waals surface area contributed by atoms with Gasteiger partial charge >= 0.3 is 0 Å². The molecule has 0 bridgehead atoms. The topological polar surface area (TPSA) is 127 Å². The normalized spacial score (nSPS) is 19.8. The zero-order valence-corrected chi connectivity index (χ0v) is 20.6. The van der Waals surface area contributed by atoms with Crippen LogP contribution in [0.3, 0.4) is 0 Å². The number of rotatable bonds is 6. The Bertz CT molecular complexity index is 1310. The molecular weight excluding hydrogens is 478 g/mol. The third kappa shape index (κ3) is 4.84. The Morgan fingerprint density at radius 3 is 2.76 bits per heavy atom. The van der Waals surface area contributed by atoms with E-state index in [1.165, 1.54) is 12.7 Å². The number of pyridine rings is 2. The minimum absolute atomic E-state index is 0.303. The van der Waals surface area contributed by atoms with E-state index in [-0.39, 0.29) is 5.91 Å². The highest BCUT2D eigenvalue weighted by atomic mass is 16.5. The summed E-state index contributed by atoms with van der Waals surface area (Å²) in [4.78, 5) is 31.1. The quantitative estimate of drug-likeness (QED) is 0.511. The lowest BCUT2D eigenvalue weighted by Gasteiger charge is -2.29. The van der Waals surface area contributed by atoms with Gasteiger partial charge in [0.25, 0.3) is 11.9 Å². The zero-order chi connectivity index (χ0) is 25.2. The predicted molar refractivity (Wildman–Crippen MR) is 135 cm³/mol. The summed E-state index contributed by atoms with van der Waals surface area (Å²) in [6.07, 6.45) is 5.85. The van der Waals surface area contributed by atoms with E-state index < -0.39 is 6.23 Å². The molecule has 2 fully saturated rings. The summed E-state index contributed by atoms with van der Waals surface area (Å²) in [6, 6.07) is 5.89. The molecule has 0 spiro atoms. The lowest BCUT2D eigenvalue weighted by atomic mass is 10.1. The Labute approximate surface area is 213 Å². The summed E-state index contributed by atoms with van der Waals surface area (Å²) in [5.74, 6) is 0.822. The van der Waals surface area contributed by atoms with Crippen molar-refractivity contribution < 1.29 is 23.4 Å². The number of morpholine rings is 1. The van der Waals surface area contributed by atoms with E-state index in [0.717, 1.165) is 31.5 Å². The molecule has 1 unspecified atom stereocenters. The number of nitrogens with zero attached hydrogens (tertiary/aromatic N) is 5. The minimum atomic E-state index is -0.523. The lowest BCUT2D eigenvalue weighted by Crippen LogP contribution is -2.36. The Morgan fingerprint density at radius 2 is 1.95 bits per heavy atom. The number of nitrogens with one attached hydrogen (secondary N) is 2. The van der Waals surface area contributed by atoms with Crippen LogP contribution >= 0.6 is 0 Å². The van der Waals surface area contributed by atoms with Crippen LogP contribution in [0.2, 0.25) is 0 Å². The zero-order valence-electron chi connectivity index (χ0n) is 20.6. The molecule has 6 rings (SSSR count). The summed E-state index contributed by atoms with van der Waals surface area (Å²) in [7, 11) is 1.55. The van der Waals surface area contributed by atoms with Crippen molar-refractivity contribution in [3.8, 4) is 5.88 Å². The van der Waals surface area contributed by atoms with Crippen LogP contribution in [0.4, 0.5) is 17.5 Å². The molecule has 2 N–H and O–H groups in total. The number of carbonyl (C=O) groups excluding carboxylic acids is 1. The summed E-state index contributed by atoms with van der Waals surface area (Å²) in [5, 5.41) is 6.13. The van der Waals surface area contributed by atoms with Gasteiger partial charge in [-0.25, -0.2) is 9.97 Å². The van der Waals surface area contributed by atoms with E-state index in [1.54, 1.807) is 25.4 Å². The SMILES string of the molecule is COc1cc(C2NC(C(=O)Nc3cc4oc(N5CCOCC5)nc4nc3N3CCCCC3)=CO2)ccn1. The molecule has 3 aromatic rings. The maximum absolute atomic E-state index is 13.3. The van der Waals surface area contributed by atoms with Gasteiger partial charge in [0.15, 0.2) is 17.6 Å². The van der Waals surface area contributed by atoms with Crippen LogP contribution in [0.25, 0.3) is 11.2 Å². The molecule has 12 heteroatoms. The fourth-order valence-electron chi connectivity index (χ4n) is 4.69. The number of hydrogen-bond donors (Lipinski definition) is 2. The Balaban J connectivity index is 1.25. The Morgan fingerprint density at radius 1 is 1.11 bits per heavy atom. The first-order chi connectivity index (χ1) is 18.2. The fraction of sp³-hybridized carbons (Fsp3) is 0.440. The average molecular weight is 508 g/mol. The molecule has 1 atom stereocenters. The van der Waals surface area contributed by atoms with Crippen LogP contribution in [-0.2, 0) is 14.3 Å². The van der Waals surface area contributed by atoms with Crippen molar-refractivity contribution in [2.24, 2.45) is 0 Å². The van der Waals surface area contributed by atoms with E-state index in [2.05, 4.69) is 25.5 Å². The summed E-state index contributed by atoms with van der Waals surface area (Å²) >= 11 is 0. The van der Waals surface area contributed by atoms with Crippen LogP contribution in [-0.4, -0.2) is 67.4 Å². The summed E-state index contributed by atoms with van der Waals surface area (Å²) in [5.41, 5.74) is 2.70. The molecule has 12 nitrogen and oxygen atoms in total. The highest BCUT2D eigenvalue weighted by Gasteiger charge is 2.27. The Hall–Kier alpha value is -4.06. The van der Waals surface area contributed by atoms with Crippen molar-refractivity contribution in [3.63, 3.8) is 0 Å². The minimum Gasteiger partial charge on any atom is -0.481 e. The van der Waals surface area contributed by atoms with E-state index in [1.807, 2.05) is 11.0 Å². The van der Waals surface area contributed by atoms with E-state index in [9.17, 15) is 4.79 Å². The molecule has 37 heavy (non-hydrogen) atoms. The summed E-state index contributed by atoms with van der Waals surface area (Å²) < 4.78 is 22.4. The van der Waals surface area contributed by atoms with Crippen LogP contribution in [0.1, 0.15) is 31.1 Å². The second kappa shape index (κ2) is 10.1. The van der Waals surface area contributed by atoms with Gasteiger partial charge in [-0.3, -0.25) is 4.79 Å². The molecule has 2 saturated heterocycles. The van der Waals surface area contributed by atoms with Crippen LogP contribution < -0.4 is 25.2 Å². The van der Waals surface area contributed by atoms with Gasteiger partial charge in [0, 0.05) is 50.1 Å². The third-order valence-corrected chi connectivity index (χ3v) is 6.66. The van der Waals surface area contributed by atoms with E-state index in [4.69, 9.17) is 23.6 Å². The van der Waals surface area contributed by atoms with Crippen molar-refractivity contribution in [1.82, 2.24) is 20.3 Å².